The second-order valence-electron chi connectivity index (χ2n) is 5.76. The minimum atomic E-state index is -3.83. The first-order valence-corrected chi connectivity index (χ1v) is 8.05. The van der Waals surface area contributed by atoms with E-state index < -0.39 is 10.1 Å². The van der Waals surface area contributed by atoms with Crippen molar-refractivity contribution in [3.05, 3.63) is 35.4 Å². The van der Waals surface area contributed by atoms with E-state index in [-0.39, 0.29) is 11.2 Å². The van der Waals surface area contributed by atoms with Crippen molar-refractivity contribution in [2.45, 2.75) is 39.2 Å². The number of hydrogen-bond donors (Lipinski definition) is 2. The molecule has 1 aromatic rings. The van der Waals surface area contributed by atoms with E-state index in [1.165, 1.54) is 11.1 Å². The highest BCUT2D eigenvalue weighted by molar-refractivity contribution is 7.85. The van der Waals surface area contributed by atoms with Crippen LogP contribution in [0.2, 0.25) is 0 Å². The van der Waals surface area contributed by atoms with E-state index in [4.69, 9.17) is 4.55 Å². The molecule has 0 aliphatic heterocycles. The number of nitrogens with one attached hydrogen (secondary N) is 1. The molecule has 4 nitrogen and oxygen atoms in total. The van der Waals surface area contributed by atoms with Gasteiger partial charge in [-0.2, -0.15) is 8.42 Å². The monoisotopic (exact) mass is 285 g/mol. The van der Waals surface area contributed by atoms with Crippen LogP contribution >= 0.6 is 0 Å². The Morgan fingerprint density at radius 3 is 2.21 bits per heavy atom. The molecule has 0 unspecified atom stereocenters. The van der Waals surface area contributed by atoms with Crippen molar-refractivity contribution in [2.24, 2.45) is 0 Å². The third kappa shape index (κ3) is 6.71. The largest absolute Gasteiger partial charge is 0.313 e. The van der Waals surface area contributed by atoms with Crippen molar-refractivity contribution >= 4 is 10.1 Å². The van der Waals surface area contributed by atoms with Crippen molar-refractivity contribution in [1.82, 2.24) is 5.32 Å². The summed E-state index contributed by atoms with van der Waals surface area (Å²) in [5.41, 5.74) is 2.61. The molecule has 108 valence electrons. The molecule has 0 amide bonds. The van der Waals surface area contributed by atoms with Gasteiger partial charge >= 0.3 is 0 Å². The van der Waals surface area contributed by atoms with Gasteiger partial charge in [-0.15, -0.1) is 0 Å². The maximum Gasteiger partial charge on any atom is 0.264 e. The van der Waals surface area contributed by atoms with Crippen molar-refractivity contribution in [3.8, 4) is 0 Å². The molecule has 0 spiro atoms. The average molecular weight is 285 g/mol. The number of hydrogen-bond acceptors (Lipinski definition) is 3. The minimum absolute atomic E-state index is 0.154. The molecule has 0 saturated carbocycles. The molecule has 5 heteroatoms. The summed E-state index contributed by atoms with van der Waals surface area (Å²) in [5.74, 6) is -0.192. The maximum atomic E-state index is 10.5. The van der Waals surface area contributed by atoms with E-state index in [2.05, 4.69) is 50.4 Å². The SMILES string of the molecule is CC(C)(C)c1ccc(CNCCCS(=O)(=O)O)cc1. The molecule has 0 radical (unpaired) electrons. The van der Waals surface area contributed by atoms with Crippen LogP contribution in [0.15, 0.2) is 24.3 Å². The Morgan fingerprint density at radius 2 is 1.74 bits per heavy atom. The lowest BCUT2D eigenvalue weighted by molar-refractivity contribution is 0.479. The summed E-state index contributed by atoms with van der Waals surface area (Å²) >= 11 is 0. The van der Waals surface area contributed by atoms with Crippen LogP contribution in [0.1, 0.15) is 38.3 Å². The molecule has 0 atom stereocenters. The normalized spacial score (nSPS) is 12.6. The van der Waals surface area contributed by atoms with Crippen LogP contribution < -0.4 is 5.32 Å². The summed E-state index contributed by atoms with van der Waals surface area (Å²) in [7, 11) is -3.83. The molecule has 0 fully saturated rings. The van der Waals surface area contributed by atoms with Gasteiger partial charge in [-0.1, -0.05) is 45.0 Å². The average Bonchev–Trinajstić information content (AvgIpc) is 2.26. The highest BCUT2D eigenvalue weighted by atomic mass is 32.2. The molecule has 0 aliphatic rings. The Kier molecular flexibility index (Phi) is 5.52. The van der Waals surface area contributed by atoms with Gasteiger partial charge < -0.3 is 5.32 Å². The van der Waals surface area contributed by atoms with Crippen molar-refractivity contribution < 1.29 is 13.0 Å². The number of rotatable bonds is 6. The number of benzene rings is 1. The van der Waals surface area contributed by atoms with Crippen molar-refractivity contribution in [3.63, 3.8) is 0 Å². The molecule has 1 aromatic carbocycles. The van der Waals surface area contributed by atoms with E-state index in [9.17, 15) is 8.42 Å². The predicted octanol–water partition coefficient (Wildman–Crippen LogP) is 2.35. The van der Waals surface area contributed by atoms with Gasteiger partial charge in [0.1, 0.15) is 0 Å². The van der Waals surface area contributed by atoms with Gasteiger partial charge in [0.05, 0.1) is 5.75 Å². The lowest BCUT2D eigenvalue weighted by Crippen LogP contribution is -2.18. The highest BCUT2D eigenvalue weighted by Crippen LogP contribution is 2.22. The van der Waals surface area contributed by atoms with Gasteiger partial charge in [0.15, 0.2) is 0 Å². The van der Waals surface area contributed by atoms with Gasteiger partial charge in [-0.25, -0.2) is 0 Å². The third-order valence-corrected chi connectivity index (χ3v) is 3.71. The molecular weight excluding hydrogens is 262 g/mol. The molecule has 0 aliphatic carbocycles. The molecular formula is C14H23NO3S. The van der Waals surface area contributed by atoms with Crippen molar-refractivity contribution in [1.29, 1.82) is 0 Å². The Morgan fingerprint density at radius 1 is 1.16 bits per heavy atom. The van der Waals surface area contributed by atoms with Crippen LogP contribution in [0.4, 0.5) is 0 Å². The molecule has 1 rings (SSSR count). The smallest absolute Gasteiger partial charge is 0.264 e. The summed E-state index contributed by atoms with van der Waals surface area (Å²) in [6.07, 6.45) is 0.416. The van der Waals surface area contributed by atoms with Gasteiger partial charge in [0.2, 0.25) is 0 Å². The lowest BCUT2D eigenvalue weighted by atomic mass is 9.87. The van der Waals surface area contributed by atoms with Gasteiger partial charge in [-0.3, -0.25) is 4.55 Å². The highest BCUT2D eigenvalue weighted by Gasteiger charge is 2.12. The third-order valence-electron chi connectivity index (χ3n) is 2.90. The maximum absolute atomic E-state index is 10.5. The van der Waals surface area contributed by atoms with Crippen LogP contribution in [0.25, 0.3) is 0 Å². The minimum Gasteiger partial charge on any atom is -0.313 e. The van der Waals surface area contributed by atoms with Gasteiger partial charge in [-0.05, 0) is 29.5 Å². The van der Waals surface area contributed by atoms with Crippen LogP contribution in [-0.2, 0) is 22.1 Å². The fraction of sp³-hybridized carbons (Fsp3) is 0.571. The fourth-order valence-corrected chi connectivity index (χ4v) is 2.24. The zero-order valence-corrected chi connectivity index (χ0v) is 12.6. The predicted molar refractivity (Wildman–Crippen MR) is 77.9 cm³/mol. The van der Waals surface area contributed by atoms with Crippen LogP contribution in [0.5, 0.6) is 0 Å². The molecule has 0 aromatic heterocycles. The first kappa shape index (κ1) is 16.1. The standard InChI is InChI=1S/C14H23NO3S/c1-14(2,3)13-7-5-12(6-8-13)11-15-9-4-10-19(16,17)18/h5-8,15H,4,9-11H2,1-3H3,(H,16,17,18). The molecule has 0 bridgehead atoms. The van der Waals surface area contributed by atoms with Crippen LogP contribution in [0.3, 0.4) is 0 Å². The van der Waals surface area contributed by atoms with Crippen LogP contribution in [-0.4, -0.2) is 25.3 Å². The summed E-state index contributed by atoms with van der Waals surface area (Å²) in [5, 5.41) is 3.16. The van der Waals surface area contributed by atoms with E-state index in [0.29, 0.717) is 19.5 Å². The Labute approximate surface area is 116 Å². The quantitative estimate of drug-likeness (QED) is 0.622. The summed E-state index contributed by atoms with van der Waals surface area (Å²) in [4.78, 5) is 0. The second kappa shape index (κ2) is 6.50. The first-order valence-electron chi connectivity index (χ1n) is 6.44. The zero-order chi connectivity index (χ0) is 14.5. The zero-order valence-electron chi connectivity index (χ0n) is 11.8. The van der Waals surface area contributed by atoms with Crippen LogP contribution in [0, 0.1) is 0 Å². The van der Waals surface area contributed by atoms with E-state index in [0.717, 1.165) is 0 Å². The molecule has 19 heavy (non-hydrogen) atoms. The van der Waals surface area contributed by atoms with Gasteiger partial charge in [0.25, 0.3) is 10.1 Å². The first-order chi connectivity index (χ1) is 8.68. The second-order valence-corrected chi connectivity index (χ2v) is 7.34. The van der Waals surface area contributed by atoms with Crippen molar-refractivity contribution in [2.75, 3.05) is 12.3 Å². The van der Waals surface area contributed by atoms with E-state index >= 15 is 0 Å². The molecule has 0 heterocycles. The van der Waals surface area contributed by atoms with E-state index in [1.54, 1.807) is 0 Å². The molecule has 0 saturated heterocycles. The topological polar surface area (TPSA) is 66.4 Å². The van der Waals surface area contributed by atoms with Gasteiger partial charge in [0, 0.05) is 6.54 Å². The summed E-state index contributed by atoms with van der Waals surface area (Å²) in [6, 6.07) is 8.40. The Balaban J connectivity index is 2.35. The van der Waals surface area contributed by atoms with E-state index in [1.807, 2.05) is 0 Å². The molecule has 2 N–H and O–H groups in total. The lowest BCUT2D eigenvalue weighted by Gasteiger charge is -2.19. The Hall–Kier alpha value is -0.910. The summed E-state index contributed by atoms with van der Waals surface area (Å²) < 4.78 is 29.6. The summed E-state index contributed by atoms with van der Waals surface area (Å²) in [6.45, 7) is 7.80. The Bertz CT molecular complexity index is 486. The fourth-order valence-electron chi connectivity index (χ4n) is 1.73.